The lowest BCUT2D eigenvalue weighted by atomic mass is 9.97. The number of hydrogen-bond acceptors (Lipinski definition) is 7. The van der Waals surface area contributed by atoms with Gasteiger partial charge in [0.1, 0.15) is 0 Å². The summed E-state index contributed by atoms with van der Waals surface area (Å²) in [6, 6.07) is 5.77. The molecule has 2 unspecified atom stereocenters. The molecule has 2 saturated heterocycles. The molecule has 5 heterocycles. The van der Waals surface area contributed by atoms with E-state index in [1.165, 1.54) is 12.8 Å². The van der Waals surface area contributed by atoms with Crippen molar-refractivity contribution in [3.8, 4) is 6.07 Å². The number of amidine groups is 1. The van der Waals surface area contributed by atoms with E-state index in [0.717, 1.165) is 42.7 Å². The van der Waals surface area contributed by atoms with Crippen molar-refractivity contribution < 1.29 is 4.58 Å². The number of aromatic nitrogens is 2. The molecule has 9 nitrogen and oxygen atoms in total. The van der Waals surface area contributed by atoms with Gasteiger partial charge in [0.25, 0.3) is 0 Å². The van der Waals surface area contributed by atoms with Crippen molar-refractivity contribution in [3.05, 3.63) is 24.0 Å². The summed E-state index contributed by atoms with van der Waals surface area (Å²) in [7, 11) is 0. The first-order valence-corrected chi connectivity index (χ1v) is 10.3. The maximum absolute atomic E-state index is 8.93. The normalized spacial score (nSPS) is 30.3. The third kappa shape index (κ3) is 3.44. The molecule has 0 amide bonds. The lowest BCUT2D eigenvalue weighted by Crippen LogP contribution is -2.51. The van der Waals surface area contributed by atoms with Crippen LogP contribution in [0, 0.1) is 18.3 Å². The lowest BCUT2D eigenvalue weighted by molar-refractivity contribution is -0.478. The van der Waals surface area contributed by atoms with Gasteiger partial charge in [-0.2, -0.15) is 10.4 Å². The molecule has 5 rings (SSSR count). The summed E-state index contributed by atoms with van der Waals surface area (Å²) in [5.41, 5.74) is 0.996. The van der Waals surface area contributed by atoms with E-state index in [0.29, 0.717) is 24.5 Å². The van der Waals surface area contributed by atoms with Crippen LogP contribution in [0.5, 0.6) is 0 Å². The fraction of sp³-hybridized carbons (Fsp3) is 0.550. The number of fused-ring (bicyclic) bond motifs is 3. The van der Waals surface area contributed by atoms with Gasteiger partial charge in [-0.1, -0.05) is 4.99 Å². The number of nitriles is 1. The Balaban J connectivity index is 1.30. The van der Waals surface area contributed by atoms with E-state index in [9.17, 15) is 0 Å². The Kier molecular flexibility index (Phi) is 4.64. The summed E-state index contributed by atoms with van der Waals surface area (Å²) in [5.74, 6) is 2.36. The van der Waals surface area contributed by atoms with Gasteiger partial charge in [0.05, 0.1) is 18.3 Å². The first-order chi connectivity index (χ1) is 14.2. The fourth-order valence-corrected chi connectivity index (χ4v) is 4.97. The van der Waals surface area contributed by atoms with Gasteiger partial charge in [0, 0.05) is 43.0 Å². The summed E-state index contributed by atoms with van der Waals surface area (Å²) in [4.78, 5) is 12.0. The van der Waals surface area contributed by atoms with Gasteiger partial charge in [0.2, 0.25) is 12.0 Å². The molecule has 1 aromatic heterocycles. The summed E-state index contributed by atoms with van der Waals surface area (Å²) in [6.07, 6.45) is 10.8. The van der Waals surface area contributed by atoms with Crippen molar-refractivity contribution in [3.63, 3.8) is 0 Å². The van der Waals surface area contributed by atoms with Crippen molar-refractivity contribution in [2.24, 2.45) is 9.98 Å². The Morgan fingerprint density at radius 1 is 1.34 bits per heavy atom. The van der Waals surface area contributed by atoms with Crippen LogP contribution in [0.4, 0.5) is 5.82 Å². The summed E-state index contributed by atoms with van der Waals surface area (Å²) < 4.78 is 2.08. The minimum absolute atomic E-state index is 0.188. The monoisotopic (exact) mass is 392 g/mol. The zero-order chi connectivity index (χ0) is 19.8. The van der Waals surface area contributed by atoms with Crippen LogP contribution >= 0.6 is 0 Å². The molecule has 0 spiro atoms. The minimum Gasteiger partial charge on any atom is -0.308 e. The Bertz CT molecular complexity index is 933. The quantitative estimate of drug-likeness (QED) is 0.670. The van der Waals surface area contributed by atoms with Crippen molar-refractivity contribution in [2.45, 2.75) is 63.3 Å². The van der Waals surface area contributed by atoms with Crippen molar-refractivity contribution in [1.29, 1.82) is 5.26 Å². The number of piperidine rings is 1. The highest BCUT2D eigenvalue weighted by molar-refractivity contribution is 6.07. The van der Waals surface area contributed by atoms with E-state index in [1.807, 2.05) is 31.5 Å². The Labute approximate surface area is 169 Å². The standard InChI is InChI=1S/C20H25N9/c1-13-10-17(27-26-13)24-18-19-22-7-3-9-29(19)20(25-18)23-14-11-15-4-5-16(12-14)28(15)8-2-6-21/h3,7,9-10,14-16,19H,2,4-5,8,11-12H2,1H3,(H2,23,24,25,26,27)/p+1/t14?,15-,16+,19?. The van der Waals surface area contributed by atoms with Crippen molar-refractivity contribution >= 4 is 23.8 Å². The number of nitrogens with zero attached hydrogens (tertiary/aromatic N) is 6. The molecule has 0 aliphatic carbocycles. The van der Waals surface area contributed by atoms with Crippen LogP contribution in [0.25, 0.3) is 0 Å². The Morgan fingerprint density at radius 2 is 2.17 bits per heavy atom. The summed E-state index contributed by atoms with van der Waals surface area (Å²) in [6.45, 7) is 2.87. The second-order valence-electron chi connectivity index (χ2n) is 8.15. The van der Waals surface area contributed by atoms with Gasteiger partial charge in [-0.25, -0.2) is 9.57 Å². The largest absolute Gasteiger partial charge is 0.395 e. The maximum atomic E-state index is 8.93. The molecule has 4 aliphatic rings. The van der Waals surface area contributed by atoms with E-state index in [4.69, 9.17) is 10.3 Å². The molecule has 29 heavy (non-hydrogen) atoms. The SMILES string of the molecule is Cc1cc(NC2=NC(NC3C[C@H]4CC[C@@H](C3)N4CCC#N)=[N+]3C=CC=NC23)n[nH]1. The molecule has 4 aliphatic heterocycles. The third-order valence-electron chi connectivity index (χ3n) is 6.20. The van der Waals surface area contributed by atoms with Crippen LogP contribution < -0.4 is 10.6 Å². The predicted molar refractivity (Wildman–Crippen MR) is 111 cm³/mol. The number of anilines is 1. The second-order valence-corrected chi connectivity index (χ2v) is 8.15. The number of rotatable bonds is 4. The average Bonchev–Trinajstić information content (AvgIpc) is 3.35. The molecule has 0 saturated carbocycles. The molecule has 2 fully saturated rings. The van der Waals surface area contributed by atoms with E-state index in [-0.39, 0.29) is 6.17 Å². The minimum atomic E-state index is -0.188. The van der Waals surface area contributed by atoms with Crippen LogP contribution in [-0.4, -0.2) is 68.5 Å². The van der Waals surface area contributed by atoms with Crippen LogP contribution in [0.3, 0.4) is 0 Å². The molecule has 1 aromatic rings. The number of H-pyrrole nitrogens is 1. The number of hydrogen-bond donors (Lipinski definition) is 3. The topological polar surface area (TPSA) is 108 Å². The van der Waals surface area contributed by atoms with Crippen molar-refractivity contribution in [2.75, 3.05) is 11.9 Å². The highest BCUT2D eigenvalue weighted by Gasteiger charge is 2.44. The molecular formula is C20H26N9+. The van der Waals surface area contributed by atoms with Crippen LogP contribution in [-0.2, 0) is 0 Å². The highest BCUT2D eigenvalue weighted by Crippen LogP contribution is 2.35. The molecule has 0 radical (unpaired) electrons. The molecule has 150 valence electrons. The number of allylic oxidation sites excluding steroid dienone is 1. The van der Waals surface area contributed by atoms with Gasteiger partial charge in [-0.05, 0) is 38.7 Å². The Hall–Kier alpha value is -2.99. The molecule has 0 aromatic carbocycles. The lowest BCUT2D eigenvalue weighted by Gasteiger charge is -2.37. The van der Waals surface area contributed by atoms with E-state index < -0.39 is 0 Å². The molecule has 4 atom stereocenters. The zero-order valence-electron chi connectivity index (χ0n) is 16.5. The molecule has 2 bridgehead atoms. The van der Waals surface area contributed by atoms with Gasteiger partial charge in [0.15, 0.2) is 5.82 Å². The van der Waals surface area contributed by atoms with Crippen LogP contribution in [0.1, 0.15) is 37.8 Å². The molecule has 9 heteroatoms. The zero-order valence-corrected chi connectivity index (χ0v) is 16.5. The van der Waals surface area contributed by atoms with Crippen LogP contribution in [0.15, 0.2) is 28.3 Å². The summed E-state index contributed by atoms with van der Waals surface area (Å²) >= 11 is 0. The summed E-state index contributed by atoms with van der Waals surface area (Å²) in [5, 5.41) is 23.1. The molecular weight excluding hydrogens is 366 g/mol. The molecule has 3 N–H and O–H groups in total. The first-order valence-electron chi connectivity index (χ1n) is 10.3. The van der Waals surface area contributed by atoms with E-state index in [1.54, 1.807) is 0 Å². The van der Waals surface area contributed by atoms with Crippen LogP contribution in [0.2, 0.25) is 0 Å². The number of aromatic amines is 1. The Morgan fingerprint density at radius 3 is 2.90 bits per heavy atom. The van der Waals surface area contributed by atoms with Gasteiger partial charge < -0.3 is 5.32 Å². The van der Waals surface area contributed by atoms with E-state index >= 15 is 0 Å². The van der Waals surface area contributed by atoms with Gasteiger partial charge >= 0.3 is 5.96 Å². The number of aliphatic imine (C=N–C) groups is 2. The fourth-order valence-electron chi connectivity index (χ4n) is 4.97. The van der Waals surface area contributed by atoms with Gasteiger partial charge in [-0.3, -0.25) is 15.3 Å². The smallest absolute Gasteiger partial charge is 0.308 e. The second kappa shape index (κ2) is 7.44. The first kappa shape index (κ1) is 18.1. The van der Waals surface area contributed by atoms with Gasteiger partial charge in [-0.15, -0.1) is 0 Å². The third-order valence-corrected chi connectivity index (χ3v) is 6.20. The van der Waals surface area contributed by atoms with Crippen molar-refractivity contribution in [1.82, 2.24) is 20.4 Å². The number of nitrogens with one attached hydrogen (secondary N) is 3. The number of guanidine groups is 1. The van der Waals surface area contributed by atoms with E-state index in [2.05, 4.69) is 41.4 Å². The highest BCUT2D eigenvalue weighted by atomic mass is 15.4. The average molecular weight is 392 g/mol. The predicted octanol–water partition coefficient (Wildman–Crippen LogP) is 1.33. The number of aryl methyl sites for hydroxylation is 1. The maximum Gasteiger partial charge on any atom is 0.395 e.